The molecule has 0 aliphatic rings. The topological polar surface area (TPSA) is 110 Å². The highest BCUT2D eigenvalue weighted by molar-refractivity contribution is 14.1. The molecule has 122 valence electrons. The molecule has 0 fully saturated rings. The first kappa shape index (κ1) is 20.3. The molecule has 22 heavy (non-hydrogen) atoms. The molecule has 0 bridgehead atoms. The number of amides is 2. The molecule has 1 aromatic carbocycles. The van der Waals surface area contributed by atoms with Crippen LogP contribution >= 0.6 is 67.8 Å². The van der Waals surface area contributed by atoms with Crippen LogP contribution in [-0.2, 0) is 9.59 Å². The van der Waals surface area contributed by atoms with E-state index in [-0.39, 0.29) is 13.2 Å². The molecule has 1 rings (SSSR count). The molecule has 0 aliphatic carbocycles. The van der Waals surface area contributed by atoms with Crippen LogP contribution in [0.4, 0.5) is 11.4 Å². The van der Waals surface area contributed by atoms with Crippen LogP contribution in [0, 0.1) is 10.7 Å². The van der Waals surface area contributed by atoms with Gasteiger partial charge in [-0.25, -0.2) is 0 Å². The lowest BCUT2D eigenvalue weighted by molar-refractivity contribution is -0.121. The van der Waals surface area contributed by atoms with Gasteiger partial charge in [0, 0.05) is 13.7 Å². The van der Waals surface area contributed by atoms with E-state index < -0.39 is 25.0 Å². The van der Waals surface area contributed by atoms with Crippen LogP contribution in [0.3, 0.4) is 0 Å². The molecule has 0 aromatic heterocycles. The third kappa shape index (κ3) is 4.86. The molecule has 0 unspecified atom stereocenters. The van der Waals surface area contributed by atoms with E-state index in [1.807, 2.05) is 67.8 Å². The third-order valence-electron chi connectivity index (χ3n) is 2.58. The highest BCUT2D eigenvalue weighted by atomic mass is 127. The molecule has 10 heteroatoms. The Labute approximate surface area is 167 Å². The number of aliphatic hydroxyl groups excluding tert-OH is 3. The van der Waals surface area contributed by atoms with Crippen LogP contribution in [0.2, 0.25) is 0 Å². The maximum atomic E-state index is 11.9. The Bertz CT molecular complexity index is 582. The maximum absolute atomic E-state index is 11.9. The van der Waals surface area contributed by atoms with Gasteiger partial charge in [-0.1, -0.05) is 0 Å². The fourth-order valence-electron chi connectivity index (χ4n) is 1.67. The molecular weight excluding hydrogens is 633 g/mol. The van der Waals surface area contributed by atoms with Gasteiger partial charge in [0.1, 0.15) is 13.2 Å². The fourth-order valence-corrected chi connectivity index (χ4v) is 5.89. The van der Waals surface area contributed by atoms with Crippen molar-refractivity contribution in [3.63, 3.8) is 0 Å². The number of aliphatic hydroxyl groups is 3. The van der Waals surface area contributed by atoms with Gasteiger partial charge in [-0.2, -0.15) is 0 Å². The van der Waals surface area contributed by atoms with Crippen molar-refractivity contribution < 1.29 is 24.9 Å². The first-order valence-electron chi connectivity index (χ1n) is 5.97. The monoisotopic (exact) mass is 646 g/mol. The summed E-state index contributed by atoms with van der Waals surface area (Å²) in [6.45, 7) is -1.57. The Balaban J connectivity index is 3.42. The van der Waals surface area contributed by atoms with E-state index in [0.717, 1.165) is 7.14 Å². The van der Waals surface area contributed by atoms with Crippen molar-refractivity contribution in [1.29, 1.82) is 0 Å². The standard InChI is InChI=1S/C12H13I3N2O5/c13-6-3-7(14)12(17(1-2-18)9(22)5-20)10(15)11(6)16-8(21)4-19/h3,18-20H,1-2,4-5H2,(H,16,21). The van der Waals surface area contributed by atoms with Crippen LogP contribution in [0.25, 0.3) is 0 Å². The Morgan fingerprint density at radius 1 is 1.09 bits per heavy atom. The van der Waals surface area contributed by atoms with Crippen LogP contribution < -0.4 is 10.2 Å². The predicted octanol–water partition coefficient (Wildman–Crippen LogP) is 0.749. The molecule has 4 N–H and O–H groups in total. The van der Waals surface area contributed by atoms with Crippen molar-refractivity contribution in [3.8, 4) is 0 Å². The molecule has 0 aliphatic heterocycles. The number of nitrogens with one attached hydrogen (secondary N) is 1. The number of rotatable bonds is 6. The zero-order chi connectivity index (χ0) is 16.9. The minimum absolute atomic E-state index is 0.0272. The van der Waals surface area contributed by atoms with Gasteiger partial charge in [0.2, 0.25) is 5.91 Å². The summed E-state index contributed by atoms with van der Waals surface area (Å²) in [5.74, 6) is -1.12. The molecule has 0 radical (unpaired) electrons. The van der Waals surface area contributed by atoms with Gasteiger partial charge in [0.05, 0.1) is 21.6 Å². The van der Waals surface area contributed by atoms with Crippen molar-refractivity contribution in [2.24, 2.45) is 0 Å². The molecule has 1 aromatic rings. The van der Waals surface area contributed by atoms with E-state index in [9.17, 15) is 9.59 Å². The number of benzene rings is 1. The van der Waals surface area contributed by atoms with Gasteiger partial charge in [-0.3, -0.25) is 9.59 Å². The molecule has 2 amide bonds. The number of carbonyl (C=O) groups is 2. The Morgan fingerprint density at radius 3 is 2.23 bits per heavy atom. The summed E-state index contributed by atoms with van der Waals surface area (Å²) in [5.41, 5.74) is 0.979. The minimum Gasteiger partial charge on any atom is -0.395 e. The predicted molar refractivity (Wildman–Crippen MR) is 107 cm³/mol. The van der Waals surface area contributed by atoms with Crippen molar-refractivity contribution in [3.05, 3.63) is 16.8 Å². The number of halogens is 3. The van der Waals surface area contributed by atoms with Crippen LogP contribution in [0.5, 0.6) is 0 Å². The lowest BCUT2D eigenvalue weighted by Gasteiger charge is -2.25. The van der Waals surface area contributed by atoms with Gasteiger partial charge >= 0.3 is 0 Å². The van der Waals surface area contributed by atoms with Gasteiger partial charge in [0.15, 0.2) is 0 Å². The molecular formula is C12H13I3N2O5. The van der Waals surface area contributed by atoms with Crippen molar-refractivity contribution in [1.82, 2.24) is 0 Å². The average Bonchev–Trinajstić information content (AvgIpc) is 2.49. The maximum Gasteiger partial charge on any atom is 0.252 e. The van der Waals surface area contributed by atoms with Crippen LogP contribution in [-0.4, -0.2) is 53.5 Å². The molecule has 0 saturated heterocycles. The molecule has 7 nitrogen and oxygen atoms in total. The smallest absolute Gasteiger partial charge is 0.252 e. The second-order valence-electron chi connectivity index (χ2n) is 4.01. The largest absolute Gasteiger partial charge is 0.395 e. The highest BCUT2D eigenvalue weighted by Gasteiger charge is 2.23. The first-order chi connectivity index (χ1) is 10.4. The van der Waals surface area contributed by atoms with E-state index in [1.165, 1.54) is 4.90 Å². The number of anilines is 2. The number of hydrogen-bond donors (Lipinski definition) is 4. The van der Waals surface area contributed by atoms with E-state index in [4.69, 9.17) is 15.3 Å². The summed E-state index contributed by atoms with van der Waals surface area (Å²) in [5, 5.41) is 29.7. The van der Waals surface area contributed by atoms with Gasteiger partial charge in [-0.15, -0.1) is 0 Å². The zero-order valence-corrected chi connectivity index (χ0v) is 17.6. The molecule has 0 spiro atoms. The number of carbonyl (C=O) groups excluding carboxylic acids is 2. The first-order valence-corrected chi connectivity index (χ1v) is 9.21. The lowest BCUT2D eigenvalue weighted by Crippen LogP contribution is -2.37. The molecule has 0 atom stereocenters. The lowest BCUT2D eigenvalue weighted by atomic mass is 10.2. The van der Waals surface area contributed by atoms with Crippen LogP contribution in [0.15, 0.2) is 6.07 Å². The highest BCUT2D eigenvalue weighted by Crippen LogP contribution is 2.37. The summed E-state index contributed by atoms with van der Waals surface area (Å²) >= 11 is 6.07. The Morgan fingerprint density at radius 2 is 1.73 bits per heavy atom. The molecule has 0 heterocycles. The zero-order valence-electron chi connectivity index (χ0n) is 11.1. The van der Waals surface area contributed by atoms with E-state index in [2.05, 4.69) is 5.32 Å². The minimum atomic E-state index is -0.684. The van der Waals surface area contributed by atoms with Crippen molar-refractivity contribution in [2.45, 2.75) is 0 Å². The van der Waals surface area contributed by atoms with Crippen LogP contribution in [0.1, 0.15) is 0 Å². The second-order valence-corrected chi connectivity index (χ2v) is 7.41. The summed E-state index contributed by atoms with van der Waals surface area (Å²) in [6, 6.07) is 1.76. The number of nitrogens with zero attached hydrogens (tertiary/aromatic N) is 1. The van der Waals surface area contributed by atoms with Gasteiger partial charge in [-0.05, 0) is 73.8 Å². The van der Waals surface area contributed by atoms with Crippen molar-refractivity contribution in [2.75, 3.05) is 36.6 Å². The Hall–Kier alpha value is 0.230. The summed E-state index contributed by atoms with van der Waals surface area (Å²) < 4.78 is 2.08. The third-order valence-corrected chi connectivity index (χ3v) is 5.31. The fraction of sp³-hybridized carbons (Fsp3) is 0.333. The van der Waals surface area contributed by atoms with Crippen molar-refractivity contribution >= 4 is 91.0 Å². The average molecular weight is 646 g/mol. The second kappa shape index (κ2) is 9.51. The number of hydrogen-bond acceptors (Lipinski definition) is 5. The SMILES string of the molecule is O=C(CO)Nc1c(I)cc(I)c(N(CCO)C(=O)CO)c1I. The quantitative estimate of drug-likeness (QED) is 0.342. The van der Waals surface area contributed by atoms with E-state index in [0.29, 0.717) is 14.9 Å². The molecule has 0 saturated carbocycles. The van der Waals surface area contributed by atoms with Gasteiger partial charge < -0.3 is 25.5 Å². The summed E-state index contributed by atoms with van der Waals surface area (Å²) in [6.07, 6.45) is 0. The van der Waals surface area contributed by atoms with E-state index in [1.54, 1.807) is 6.07 Å². The van der Waals surface area contributed by atoms with E-state index >= 15 is 0 Å². The summed E-state index contributed by atoms with van der Waals surface area (Å²) in [4.78, 5) is 24.6. The Kier molecular flexibility index (Phi) is 8.76. The normalized spacial score (nSPS) is 10.5. The van der Waals surface area contributed by atoms with Gasteiger partial charge in [0.25, 0.3) is 5.91 Å². The summed E-state index contributed by atoms with van der Waals surface area (Å²) in [7, 11) is 0.